The molecule has 144 valence electrons. The number of ether oxygens (including phenoxy) is 2. The van der Waals surface area contributed by atoms with Crippen molar-refractivity contribution in [1.29, 1.82) is 0 Å². The number of rotatable bonds is 5. The van der Waals surface area contributed by atoms with E-state index >= 15 is 0 Å². The lowest BCUT2D eigenvalue weighted by Crippen LogP contribution is -2.06. The van der Waals surface area contributed by atoms with E-state index in [1.54, 1.807) is 29.4 Å². The summed E-state index contributed by atoms with van der Waals surface area (Å²) in [5.74, 6) is 2.39. The van der Waals surface area contributed by atoms with Gasteiger partial charge in [-0.05, 0) is 23.8 Å². The summed E-state index contributed by atoms with van der Waals surface area (Å²) in [6.07, 6.45) is 4.97. The highest BCUT2D eigenvalue weighted by Gasteiger charge is 2.16. The van der Waals surface area contributed by atoms with Crippen molar-refractivity contribution in [3.05, 3.63) is 70.8 Å². The first-order valence-corrected chi connectivity index (χ1v) is 8.74. The second-order valence-corrected chi connectivity index (χ2v) is 6.37. The number of non-ortho nitro benzene ring substituents is 1. The number of nitro groups is 1. The summed E-state index contributed by atoms with van der Waals surface area (Å²) in [6.45, 7) is 0.648. The molecule has 10 nitrogen and oxygen atoms in total. The molecule has 0 saturated heterocycles. The molecule has 1 N–H and O–H groups in total. The van der Waals surface area contributed by atoms with Gasteiger partial charge in [-0.25, -0.2) is 4.98 Å². The van der Waals surface area contributed by atoms with Crippen LogP contribution in [0.4, 0.5) is 11.5 Å². The van der Waals surface area contributed by atoms with Crippen molar-refractivity contribution in [2.75, 3.05) is 12.1 Å². The van der Waals surface area contributed by atoms with Gasteiger partial charge in [-0.1, -0.05) is 6.07 Å². The number of benzene rings is 2. The van der Waals surface area contributed by atoms with Crippen molar-refractivity contribution < 1.29 is 14.4 Å². The molecule has 10 heteroatoms. The normalized spacial score (nSPS) is 12.3. The number of fused-ring (bicyclic) bond motifs is 2. The van der Waals surface area contributed by atoms with Crippen LogP contribution in [0.2, 0.25) is 0 Å². The average Bonchev–Trinajstić information content (AvgIpc) is 3.43. The number of nitro benzene ring substituents is 1. The second-order valence-electron chi connectivity index (χ2n) is 6.37. The van der Waals surface area contributed by atoms with Crippen LogP contribution in [0.3, 0.4) is 0 Å². The Hall–Kier alpha value is -4.21. The maximum atomic E-state index is 11.3. The van der Waals surface area contributed by atoms with Gasteiger partial charge in [-0.2, -0.15) is 0 Å². The lowest BCUT2D eigenvalue weighted by atomic mass is 10.1. The average molecular weight is 390 g/mol. The van der Waals surface area contributed by atoms with Crippen LogP contribution in [0.25, 0.3) is 16.6 Å². The minimum absolute atomic E-state index is 0.0202. The molecule has 4 aromatic rings. The zero-order valence-electron chi connectivity index (χ0n) is 15.0. The first-order chi connectivity index (χ1) is 14.2. The van der Waals surface area contributed by atoms with E-state index in [1.165, 1.54) is 12.1 Å². The molecule has 29 heavy (non-hydrogen) atoms. The zero-order valence-corrected chi connectivity index (χ0v) is 15.0. The molecule has 1 aliphatic heterocycles. The molecule has 2 aromatic heterocycles. The Balaban J connectivity index is 1.53. The van der Waals surface area contributed by atoms with Crippen molar-refractivity contribution in [1.82, 2.24) is 19.7 Å². The Bertz CT molecular complexity index is 1230. The van der Waals surface area contributed by atoms with Crippen molar-refractivity contribution in [3.8, 4) is 17.3 Å². The number of anilines is 1. The van der Waals surface area contributed by atoms with Crippen LogP contribution in [0, 0.1) is 10.1 Å². The smallest absolute Gasteiger partial charge is 0.270 e. The standard InChI is InChI=1S/C19H14N6O4/c26-25(27)13-2-3-14-15(8-13)18(22-23-19(14)24-6-5-20-10-24)21-9-12-1-4-16-17(7-12)29-11-28-16/h1-8,10H,9,11H2,(H,21,22). The minimum atomic E-state index is -0.432. The Morgan fingerprint density at radius 1 is 1.10 bits per heavy atom. The molecule has 0 bridgehead atoms. The molecule has 5 rings (SSSR count). The van der Waals surface area contributed by atoms with Crippen LogP contribution in [0.5, 0.6) is 11.5 Å². The van der Waals surface area contributed by atoms with E-state index in [0.717, 1.165) is 10.9 Å². The van der Waals surface area contributed by atoms with E-state index in [0.29, 0.717) is 35.1 Å². The molecule has 0 aliphatic carbocycles. The Labute approximate surface area is 163 Å². The van der Waals surface area contributed by atoms with Crippen LogP contribution in [-0.2, 0) is 6.54 Å². The topological polar surface area (TPSA) is 117 Å². The van der Waals surface area contributed by atoms with E-state index in [9.17, 15) is 10.1 Å². The number of nitrogens with zero attached hydrogens (tertiary/aromatic N) is 5. The zero-order chi connectivity index (χ0) is 19.8. The van der Waals surface area contributed by atoms with Gasteiger partial charge in [-0.15, -0.1) is 10.2 Å². The summed E-state index contributed by atoms with van der Waals surface area (Å²) in [5.41, 5.74) is 0.932. The fourth-order valence-corrected chi connectivity index (χ4v) is 3.18. The Kier molecular flexibility index (Phi) is 3.94. The highest BCUT2D eigenvalue weighted by Crippen LogP contribution is 2.33. The van der Waals surface area contributed by atoms with Gasteiger partial charge in [0.15, 0.2) is 23.1 Å². The van der Waals surface area contributed by atoms with E-state index in [1.807, 2.05) is 18.2 Å². The summed E-state index contributed by atoms with van der Waals surface area (Å²) < 4.78 is 12.4. The number of hydrogen-bond acceptors (Lipinski definition) is 8. The first-order valence-electron chi connectivity index (χ1n) is 8.74. The number of hydrogen-bond donors (Lipinski definition) is 1. The van der Waals surface area contributed by atoms with Crippen molar-refractivity contribution >= 4 is 22.3 Å². The third-order valence-corrected chi connectivity index (χ3v) is 4.60. The van der Waals surface area contributed by atoms with E-state index < -0.39 is 4.92 Å². The third kappa shape index (κ3) is 3.06. The quantitative estimate of drug-likeness (QED) is 0.408. The monoisotopic (exact) mass is 390 g/mol. The molecular weight excluding hydrogens is 376 g/mol. The Morgan fingerprint density at radius 3 is 2.83 bits per heavy atom. The van der Waals surface area contributed by atoms with Gasteiger partial charge >= 0.3 is 0 Å². The van der Waals surface area contributed by atoms with Crippen molar-refractivity contribution in [3.63, 3.8) is 0 Å². The molecule has 0 saturated carbocycles. The summed E-state index contributed by atoms with van der Waals surface area (Å²) in [7, 11) is 0. The van der Waals surface area contributed by atoms with Crippen molar-refractivity contribution in [2.24, 2.45) is 0 Å². The lowest BCUT2D eigenvalue weighted by Gasteiger charge is -2.11. The predicted molar refractivity (Wildman–Crippen MR) is 103 cm³/mol. The molecule has 0 fully saturated rings. The summed E-state index contributed by atoms with van der Waals surface area (Å²) in [5, 5.41) is 24.3. The third-order valence-electron chi connectivity index (χ3n) is 4.60. The second kappa shape index (κ2) is 6.75. The summed E-state index contributed by atoms with van der Waals surface area (Å²) in [6, 6.07) is 10.3. The SMILES string of the molecule is O=[N+]([O-])c1ccc2c(-n3ccnc3)nnc(NCc3ccc4c(c3)OCO4)c2c1. The van der Waals surface area contributed by atoms with Crippen LogP contribution >= 0.6 is 0 Å². The van der Waals surface area contributed by atoms with E-state index in [-0.39, 0.29) is 12.5 Å². The minimum Gasteiger partial charge on any atom is -0.454 e. The maximum Gasteiger partial charge on any atom is 0.270 e. The number of aromatic nitrogens is 4. The number of nitrogens with one attached hydrogen (secondary N) is 1. The highest BCUT2D eigenvalue weighted by molar-refractivity contribution is 5.97. The highest BCUT2D eigenvalue weighted by atomic mass is 16.7. The molecule has 0 atom stereocenters. The fourth-order valence-electron chi connectivity index (χ4n) is 3.18. The molecule has 0 unspecified atom stereocenters. The predicted octanol–water partition coefficient (Wildman–Crippen LogP) is 3.06. The van der Waals surface area contributed by atoms with E-state index in [2.05, 4.69) is 20.5 Å². The van der Waals surface area contributed by atoms with Crippen LogP contribution < -0.4 is 14.8 Å². The molecular formula is C19H14N6O4. The van der Waals surface area contributed by atoms with Gasteiger partial charge in [0.05, 0.1) is 4.92 Å². The molecule has 2 aromatic carbocycles. The van der Waals surface area contributed by atoms with Crippen LogP contribution in [-0.4, -0.2) is 31.5 Å². The molecule has 1 aliphatic rings. The Morgan fingerprint density at radius 2 is 2.00 bits per heavy atom. The van der Waals surface area contributed by atoms with Gasteiger partial charge in [0.1, 0.15) is 6.33 Å². The maximum absolute atomic E-state index is 11.3. The lowest BCUT2D eigenvalue weighted by molar-refractivity contribution is -0.384. The molecule has 0 amide bonds. The van der Waals surface area contributed by atoms with Crippen LogP contribution in [0.1, 0.15) is 5.56 Å². The van der Waals surface area contributed by atoms with E-state index in [4.69, 9.17) is 9.47 Å². The molecule has 0 spiro atoms. The van der Waals surface area contributed by atoms with Gasteiger partial charge in [0.2, 0.25) is 6.79 Å². The summed E-state index contributed by atoms with van der Waals surface area (Å²) >= 11 is 0. The fraction of sp³-hybridized carbons (Fsp3) is 0.105. The largest absolute Gasteiger partial charge is 0.454 e. The molecule has 3 heterocycles. The first kappa shape index (κ1) is 16.9. The van der Waals surface area contributed by atoms with Crippen LogP contribution in [0.15, 0.2) is 55.1 Å². The van der Waals surface area contributed by atoms with Gasteiger partial charge in [-0.3, -0.25) is 14.7 Å². The van der Waals surface area contributed by atoms with Gasteiger partial charge < -0.3 is 14.8 Å². The van der Waals surface area contributed by atoms with Gasteiger partial charge in [0.25, 0.3) is 5.69 Å². The van der Waals surface area contributed by atoms with Gasteiger partial charge in [0, 0.05) is 41.8 Å². The van der Waals surface area contributed by atoms with Crippen molar-refractivity contribution in [2.45, 2.75) is 6.54 Å². The number of imidazole rings is 1. The molecule has 0 radical (unpaired) electrons. The summed E-state index contributed by atoms with van der Waals surface area (Å²) in [4.78, 5) is 14.9.